The summed E-state index contributed by atoms with van der Waals surface area (Å²) in [6.45, 7) is 2.36. The second-order valence-corrected chi connectivity index (χ2v) is 5.31. The summed E-state index contributed by atoms with van der Waals surface area (Å²) in [5.41, 5.74) is 4.43. The highest BCUT2D eigenvalue weighted by molar-refractivity contribution is 5.94. The predicted octanol–water partition coefficient (Wildman–Crippen LogP) is 3.38. The molecule has 114 valence electrons. The molecule has 3 rings (SSSR count). The van der Waals surface area contributed by atoms with E-state index in [2.05, 4.69) is 15.3 Å². The van der Waals surface area contributed by atoms with Crippen LogP contribution in [0.1, 0.15) is 21.6 Å². The minimum atomic E-state index is -0.107. The lowest BCUT2D eigenvalue weighted by Crippen LogP contribution is -2.23. The predicted molar refractivity (Wildman–Crippen MR) is 89.8 cm³/mol. The summed E-state index contributed by atoms with van der Waals surface area (Å²) in [7, 11) is 0. The molecule has 23 heavy (non-hydrogen) atoms. The van der Waals surface area contributed by atoms with Crippen LogP contribution in [0.15, 0.2) is 67.0 Å². The van der Waals surface area contributed by atoms with E-state index in [0.717, 1.165) is 22.5 Å². The quantitative estimate of drug-likeness (QED) is 0.804. The minimum Gasteiger partial charge on any atom is -0.346 e. The van der Waals surface area contributed by atoms with Gasteiger partial charge >= 0.3 is 0 Å². The van der Waals surface area contributed by atoms with E-state index in [1.54, 1.807) is 0 Å². The van der Waals surface area contributed by atoms with Gasteiger partial charge in [-0.2, -0.15) is 0 Å². The van der Waals surface area contributed by atoms with Crippen molar-refractivity contribution in [2.24, 2.45) is 0 Å². The smallest absolute Gasteiger partial charge is 0.251 e. The maximum absolute atomic E-state index is 12.1. The highest BCUT2D eigenvalue weighted by Crippen LogP contribution is 2.16. The number of amides is 1. The van der Waals surface area contributed by atoms with Crippen LogP contribution in [-0.4, -0.2) is 15.9 Å². The van der Waals surface area contributed by atoms with Gasteiger partial charge in [0.2, 0.25) is 0 Å². The number of hydrogen-bond donors (Lipinski definition) is 1. The van der Waals surface area contributed by atoms with Gasteiger partial charge in [-0.25, -0.2) is 9.97 Å². The lowest BCUT2D eigenvalue weighted by molar-refractivity contribution is 0.0950. The molecule has 4 heteroatoms. The first-order chi connectivity index (χ1) is 11.2. The first-order valence-corrected chi connectivity index (χ1v) is 7.43. The number of nitrogens with zero attached hydrogens (tertiary/aromatic N) is 2. The molecule has 0 atom stereocenters. The Morgan fingerprint density at radius 2 is 1.74 bits per heavy atom. The molecule has 0 fully saturated rings. The van der Waals surface area contributed by atoms with Crippen LogP contribution < -0.4 is 5.32 Å². The molecule has 1 N–H and O–H groups in total. The Balaban J connectivity index is 1.69. The number of carbonyl (C=O) groups excluding carboxylic acids is 1. The van der Waals surface area contributed by atoms with Crippen LogP contribution in [0.2, 0.25) is 0 Å². The Morgan fingerprint density at radius 1 is 1.00 bits per heavy atom. The number of carbonyl (C=O) groups is 1. The fraction of sp³-hybridized carbons (Fsp3) is 0.105. The highest BCUT2D eigenvalue weighted by Gasteiger charge is 2.06. The Kier molecular flexibility index (Phi) is 4.43. The molecule has 2 aromatic carbocycles. The minimum absolute atomic E-state index is 0.107. The number of rotatable bonds is 4. The van der Waals surface area contributed by atoms with Crippen LogP contribution in [0.25, 0.3) is 11.3 Å². The zero-order chi connectivity index (χ0) is 16.1. The summed E-state index contributed by atoms with van der Waals surface area (Å²) in [6, 6.07) is 19.3. The molecule has 0 aliphatic heterocycles. The molecule has 0 aliphatic rings. The topological polar surface area (TPSA) is 54.9 Å². The number of hydrogen-bond acceptors (Lipinski definition) is 3. The molecule has 1 heterocycles. The number of aryl methyl sites for hydroxylation is 1. The Bertz CT molecular complexity index is 798. The van der Waals surface area contributed by atoms with E-state index < -0.39 is 0 Å². The van der Waals surface area contributed by atoms with Crippen LogP contribution in [0.3, 0.4) is 0 Å². The zero-order valence-electron chi connectivity index (χ0n) is 12.9. The molecule has 0 spiro atoms. The van der Waals surface area contributed by atoms with Gasteiger partial charge in [0.25, 0.3) is 5.91 Å². The largest absolute Gasteiger partial charge is 0.346 e. The van der Waals surface area contributed by atoms with Crippen molar-refractivity contribution in [1.82, 2.24) is 15.3 Å². The molecular formula is C19H17N3O. The van der Waals surface area contributed by atoms with Crippen LogP contribution in [0, 0.1) is 6.92 Å². The van der Waals surface area contributed by atoms with Crippen molar-refractivity contribution in [2.45, 2.75) is 13.5 Å². The Labute approximate surface area is 135 Å². The van der Waals surface area contributed by atoms with Gasteiger partial charge in [-0.1, -0.05) is 48.0 Å². The molecule has 3 aromatic rings. The number of aromatic nitrogens is 2. The molecule has 0 bridgehead atoms. The standard InChI is InChI=1S/C19H17N3O/c1-14-7-9-16(10-8-14)19(23)20-12-17-11-18(22-13-21-17)15-5-3-2-4-6-15/h2-11,13H,12H2,1H3,(H,20,23). The summed E-state index contributed by atoms with van der Waals surface area (Å²) < 4.78 is 0. The van der Waals surface area contributed by atoms with Gasteiger partial charge < -0.3 is 5.32 Å². The average Bonchev–Trinajstić information content (AvgIpc) is 2.61. The number of benzene rings is 2. The summed E-state index contributed by atoms with van der Waals surface area (Å²) in [5, 5.41) is 2.88. The molecule has 1 amide bonds. The highest BCUT2D eigenvalue weighted by atomic mass is 16.1. The second kappa shape index (κ2) is 6.83. The average molecular weight is 303 g/mol. The van der Waals surface area contributed by atoms with Gasteiger partial charge in [-0.15, -0.1) is 0 Å². The van der Waals surface area contributed by atoms with Crippen LogP contribution in [0.5, 0.6) is 0 Å². The van der Waals surface area contributed by atoms with Crippen molar-refractivity contribution >= 4 is 5.91 Å². The summed E-state index contributed by atoms with van der Waals surface area (Å²) in [6.07, 6.45) is 1.52. The second-order valence-electron chi connectivity index (χ2n) is 5.31. The summed E-state index contributed by atoms with van der Waals surface area (Å²) in [4.78, 5) is 20.6. The summed E-state index contributed by atoms with van der Waals surface area (Å²) >= 11 is 0. The first kappa shape index (κ1) is 14.9. The zero-order valence-corrected chi connectivity index (χ0v) is 12.9. The lowest BCUT2D eigenvalue weighted by atomic mass is 10.1. The molecule has 0 unspecified atom stereocenters. The van der Waals surface area contributed by atoms with Gasteiger partial charge in [0.15, 0.2) is 0 Å². The van der Waals surface area contributed by atoms with Gasteiger partial charge in [0.05, 0.1) is 17.9 Å². The fourth-order valence-electron chi connectivity index (χ4n) is 2.24. The van der Waals surface area contributed by atoms with Gasteiger partial charge in [0.1, 0.15) is 6.33 Å². The Morgan fingerprint density at radius 3 is 2.48 bits per heavy atom. The summed E-state index contributed by atoms with van der Waals surface area (Å²) in [5.74, 6) is -0.107. The fourth-order valence-corrected chi connectivity index (χ4v) is 2.24. The first-order valence-electron chi connectivity index (χ1n) is 7.43. The maximum atomic E-state index is 12.1. The monoisotopic (exact) mass is 303 g/mol. The molecular weight excluding hydrogens is 286 g/mol. The lowest BCUT2D eigenvalue weighted by Gasteiger charge is -2.07. The third-order valence-corrected chi connectivity index (χ3v) is 3.54. The van der Waals surface area contributed by atoms with Crippen LogP contribution in [-0.2, 0) is 6.54 Å². The van der Waals surface area contributed by atoms with E-state index in [4.69, 9.17) is 0 Å². The van der Waals surface area contributed by atoms with E-state index in [1.807, 2.05) is 67.6 Å². The van der Waals surface area contributed by atoms with E-state index in [1.165, 1.54) is 6.33 Å². The molecule has 4 nitrogen and oxygen atoms in total. The van der Waals surface area contributed by atoms with Crippen LogP contribution >= 0.6 is 0 Å². The molecule has 0 saturated heterocycles. The van der Waals surface area contributed by atoms with E-state index in [0.29, 0.717) is 12.1 Å². The van der Waals surface area contributed by atoms with Crippen molar-refractivity contribution < 1.29 is 4.79 Å². The normalized spacial score (nSPS) is 10.3. The van der Waals surface area contributed by atoms with Crippen molar-refractivity contribution in [1.29, 1.82) is 0 Å². The van der Waals surface area contributed by atoms with E-state index in [-0.39, 0.29) is 5.91 Å². The third-order valence-electron chi connectivity index (χ3n) is 3.54. The van der Waals surface area contributed by atoms with Gasteiger partial charge in [0, 0.05) is 11.1 Å². The van der Waals surface area contributed by atoms with Crippen molar-refractivity contribution in [3.63, 3.8) is 0 Å². The molecule has 0 radical (unpaired) electrons. The van der Waals surface area contributed by atoms with Crippen LogP contribution in [0.4, 0.5) is 0 Å². The maximum Gasteiger partial charge on any atom is 0.251 e. The third kappa shape index (κ3) is 3.80. The molecule has 0 aliphatic carbocycles. The molecule has 1 aromatic heterocycles. The molecule has 0 saturated carbocycles. The van der Waals surface area contributed by atoms with Gasteiger partial charge in [-0.05, 0) is 25.1 Å². The van der Waals surface area contributed by atoms with E-state index in [9.17, 15) is 4.79 Å². The van der Waals surface area contributed by atoms with Crippen molar-refractivity contribution in [3.05, 3.63) is 83.8 Å². The SMILES string of the molecule is Cc1ccc(C(=O)NCc2cc(-c3ccccc3)ncn2)cc1. The number of nitrogens with one attached hydrogen (secondary N) is 1. The van der Waals surface area contributed by atoms with Crippen molar-refractivity contribution in [2.75, 3.05) is 0 Å². The van der Waals surface area contributed by atoms with Crippen molar-refractivity contribution in [3.8, 4) is 11.3 Å². The van der Waals surface area contributed by atoms with Gasteiger partial charge in [-0.3, -0.25) is 4.79 Å². The van der Waals surface area contributed by atoms with E-state index >= 15 is 0 Å². The Hall–Kier alpha value is -3.01.